The molecular formula is C24H33ClIN3O5. The first-order valence-electron chi connectivity index (χ1n) is 10.7. The van der Waals surface area contributed by atoms with E-state index in [1.54, 1.807) is 0 Å². The zero-order valence-corrected chi connectivity index (χ0v) is 22.2. The van der Waals surface area contributed by atoms with Gasteiger partial charge < -0.3 is 35.5 Å². The van der Waals surface area contributed by atoms with Crippen LogP contribution in [0.5, 0.6) is 11.5 Å². The number of aliphatic hydroxyl groups excluding tert-OH is 3. The summed E-state index contributed by atoms with van der Waals surface area (Å²) in [7, 11) is 0. The summed E-state index contributed by atoms with van der Waals surface area (Å²) >= 11 is 7.51. The van der Waals surface area contributed by atoms with Crippen molar-refractivity contribution in [1.82, 2.24) is 5.01 Å². The number of benzene rings is 2. The average Bonchev–Trinajstić information content (AvgIpc) is 2.85. The number of rotatable bonds is 13. The fraction of sp³-hybridized carbons (Fsp3) is 0.417. The van der Waals surface area contributed by atoms with Gasteiger partial charge in [0.1, 0.15) is 40.6 Å². The molecule has 0 aliphatic rings. The standard InChI is InChI=1S/C24H33ClIN3O5/c1-24(2,16-3-7-20(8-4-16)33-14-18(31)11-25)17-5-9-21(10-6-17)34-15-19(32)12-29(28)23(26)22(27)13-30/h3-10,18-19,30-32H,11-15,27-28H2,1-2H3/b23-22-. The number of nitrogens with two attached hydrogens (primary N) is 2. The Kier molecular flexibility index (Phi) is 11.2. The van der Waals surface area contributed by atoms with E-state index in [0.717, 1.165) is 11.1 Å². The Bertz CT molecular complexity index is 925. The lowest BCUT2D eigenvalue weighted by atomic mass is 9.78. The highest BCUT2D eigenvalue weighted by Gasteiger charge is 2.23. The minimum absolute atomic E-state index is 0.0548. The first-order chi connectivity index (χ1) is 16.1. The molecule has 188 valence electrons. The van der Waals surface area contributed by atoms with Gasteiger partial charge in [0.15, 0.2) is 0 Å². The number of hydrogen-bond donors (Lipinski definition) is 5. The van der Waals surface area contributed by atoms with Crippen molar-refractivity contribution < 1.29 is 24.8 Å². The number of nitrogens with zero attached hydrogens (tertiary/aromatic N) is 1. The Hall–Kier alpha value is -1.76. The highest BCUT2D eigenvalue weighted by atomic mass is 127. The van der Waals surface area contributed by atoms with E-state index in [4.69, 9.17) is 37.8 Å². The zero-order chi connectivity index (χ0) is 25.3. The van der Waals surface area contributed by atoms with Crippen LogP contribution in [0.4, 0.5) is 0 Å². The SMILES string of the molecule is CC(C)(c1ccc(OCC(O)CCl)cc1)c1ccc(OCC(O)CN(N)/C(I)=C(\N)CO)cc1. The molecule has 2 aromatic rings. The topological polar surface area (TPSA) is 134 Å². The van der Waals surface area contributed by atoms with Crippen LogP contribution >= 0.6 is 34.2 Å². The minimum Gasteiger partial charge on any atom is -0.491 e. The van der Waals surface area contributed by atoms with Crippen LogP contribution in [-0.4, -0.2) is 64.8 Å². The Morgan fingerprint density at radius 3 is 1.82 bits per heavy atom. The van der Waals surface area contributed by atoms with Crippen LogP contribution in [0.1, 0.15) is 25.0 Å². The fourth-order valence-corrected chi connectivity index (χ4v) is 3.60. The molecular weight excluding hydrogens is 573 g/mol. The number of hydrazine groups is 1. The van der Waals surface area contributed by atoms with Crippen LogP contribution in [0.2, 0.25) is 0 Å². The van der Waals surface area contributed by atoms with E-state index < -0.39 is 12.2 Å². The molecule has 0 aromatic heterocycles. The first-order valence-corrected chi connectivity index (χ1v) is 12.4. The summed E-state index contributed by atoms with van der Waals surface area (Å²) in [6.07, 6.45) is -1.54. The predicted molar refractivity (Wildman–Crippen MR) is 142 cm³/mol. The van der Waals surface area contributed by atoms with Gasteiger partial charge in [-0.25, -0.2) is 5.84 Å². The second-order valence-electron chi connectivity index (χ2n) is 8.38. The Morgan fingerprint density at radius 1 is 0.971 bits per heavy atom. The highest BCUT2D eigenvalue weighted by molar-refractivity contribution is 14.1. The van der Waals surface area contributed by atoms with Gasteiger partial charge in [-0.05, 0) is 58.0 Å². The van der Waals surface area contributed by atoms with E-state index in [1.165, 1.54) is 5.01 Å². The summed E-state index contributed by atoms with van der Waals surface area (Å²) in [5.74, 6) is 7.30. The van der Waals surface area contributed by atoms with Gasteiger partial charge in [-0.1, -0.05) is 38.1 Å². The monoisotopic (exact) mass is 605 g/mol. The van der Waals surface area contributed by atoms with Crippen molar-refractivity contribution in [2.45, 2.75) is 31.5 Å². The molecule has 0 spiro atoms. The molecule has 0 aliphatic carbocycles. The summed E-state index contributed by atoms with van der Waals surface area (Å²) < 4.78 is 11.7. The van der Waals surface area contributed by atoms with Gasteiger partial charge in [0.25, 0.3) is 0 Å². The Labute approximate surface area is 219 Å². The summed E-state index contributed by atoms with van der Waals surface area (Å²) in [6, 6.07) is 15.5. The lowest BCUT2D eigenvalue weighted by molar-refractivity contribution is 0.0810. The third-order valence-electron chi connectivity index (χ3n) is 5.31. The van der Waals surface area contributed by atoms with Gasteiger partial charge >= 0.3 is 0 Å². The molecule has 8 nitrogen and oxygen atoms in total. The van der Waals surface area contributed by atoms with E-state index in [0.29, 0.717) is 15.2 Å². The zero-order valence-electron chi connectivity index (χ0n) is 19.3. The third kappa shape index (κ3) is 8.17. The quantitative estimate of drug-likeness (QED) is 0.0773. The molecule has 2 atom stereocenters. The molecule has 0 radical (unpaired) electrons. The number of hydrogen-bond acceptors (Lipinski definition) is 8. The number of ether oxygens (including phenoxy) is 2. The minimum atomic E-state index is -0.844. The molecule has 0 saturated heterocycles. The second kappa shape index (κ2) is 13.4. The number of halogens is 2. The maximum absolute atomic E-state index is 10.2. The van der Waals surface area contributed by atoms with Gasteiger partial charge in [-0.3, -0.25) is 0 Å². The summed E-state index contributed by atoms with van der Waals surface area (Å²) in [4.78, 5) is 0. The van der Waals surface area contributed by atoms with Crippen molar-refractivity contribution >= 4 is 34.2 Å². The molecule has 0 heterocycles. The smallest absolute Gasteiger partial charge is 0.119 e. The molecule has 0 saturated carbocycles. The molecule has 2 rings (SSSR count). The Balaban J connectivity index is 1.95. The number of alkyl halides is 1. The third-order valence-corrected chi connectivity index (χ3v) is 6.98. The van der Waals surface area contributed by atoms with Crippen molar-refractivity contribution in [3.63, 3.8) is 0 Å². The van der Waals surface area contributed by atoms with Crippen molar-refractivity contribution in [2.75, 3.05) is 32.2 Å². The molecule has 34 heavy (non-hydrogen) atoms. The van der Waals surface area contributed by atoms with Gasteiger partial charge in [0.2, 0.25) is 0 Å². The molecule has 2 unspecified atom stereocenters. The van der Waals surface area contributed by atoms with Crippen LogP contribution in [0.15, 0.2) is 57.9 Å². The van der Waals surface area contributed by atoms with E-state index in [1.807, 2.05) is 71.1 Å². The van der Waals surface area contributed by atoms with Crippen LogP contribution in [-0.2, 0) is 5.41 Å². The summed E-state index contributed by atoms with van der Waals surface area (Å²) in [6.45, 7) is 4.26. The molecule has 0 aliphatic heterocycles. The number of aliphatic hydroxyl groups is 3. The lowest BCUT2D eigenvalue weighted by Gasteiger charge is -2.27. The summed E-state index contributed by atoms with van der Waals surface area (Å²) in [5, 5.41) is 30.1. The molecule has 7 N–H and O–H groups in total. The van der Waals surface area contributed by atoms with E-state index in [9.17, 15) is 10.2 Å². The van der Waals surface area contributed by atoms with Crippen LogP contribution in [0.3, 0.4) is 0 Å². The normalized spacial score (nSPS) is 14.2. The van der Waals surface area contributed by atoms with Crippen molar-refractivity contribution in [3.05, 3.63) is 69.1 Å². The second-order valence-corrected chi connectivity index (χ2v) is 9.71. The van der Waals surface area contributed by atoms with Crippen molar-refractivity contribution in [2.24, 2.45) is 11.6 Å². The van der Waals surface area contributed by atoms with E-state index >= 15 is 0 Å². The lowest BCUT2D eigenvalue weighted by Crippen LogP contribution is -2.39. The molecule has 0 fully saturated rings. The average molecular weight is 606 g/mol. The predicted octanol–water partition coefficient (Wildman–Crippen LogP) is 2.46. The van der Waals surface area contributed by atoms with Crippen molar-refractivity contribution in [3.8, 4) is 11.5 Å². The highest BCUT2D eigenvalue weighted by Crippen LogP contribution is 2.33. The van der Waals surface area contributed by atoms with Crippen LogP contribution in [0.25, 0.3) is 0 Å². The molecule has 10 heteroatoms. The van der Waals surface area contributed by atoms with Gasteiger partial charge in [-0.2, -0.15) is 0 Å². The molecule has 0 amide bonds. The van der Waals surface area contributed by atoms with Crippen molar-refractivity contribution in [1.29, 1.82) is 0 Å². The van der Waals surface area contributed by atoms with Gasteiger partial charge in [0.05, 0.1) is 24.7 Å². The first kappa shape index (κ1) is 28.5. The summed E-state index contributed by atoms with van der Waals surface area (Å²) in [5.41, 5.74) is 7.83. The maximum Gasteiger partial charge on any atom is 0.119 e. The Morgan fingerprint density at radius 2 is 1.41 bits per heavy atom. The van der Waals surface area contributed by atoms with Crippen LogP contribution in [0, 0.1) is 0 Å². The molecule has 2 aromatic carbocycles. The van der Waals surface area contributed by atoms with Gasteiger partial charge in [0, 0.05) is 5.41 Å². The largest absolute Gasteiger partial charge is 0.491 e. The van der Waals surface area contributed by atoms with E-state index in [-0.39, 0.29) is 43.4 Å². The molecule has 0 bridgehead atoms. The van der Waals surface area contributed by atoms with Crippen LogP contribution < -0.4 is 21.1 Å². The fourth-order valence-electron chi connectivity index (χ4n) is 3.14. The van der Waals surface area contributed by atoms with Gasteiger partial charge in [-0.15, -0.1) is 11.6 Å². The van der Waals surface area contributed by atoms with E-state index in [2.05, 4.69) is 13.8 Å². The maximum atomic E-state index is 10.2.